The molecule has 0 spiro atoms. The van der Waals surface area contributed by atoms with Crippen molar-refractivity contribution in [3.8, 4) is 0 Å². The van der Waals surface area contributed by atoms with Gasteiger partial charge in [0, 0.05) is 31.2 Å². The zero-order valence-corrected chi connectivity index (χ0v) is 13.7. The number of nitrogens with zero attached hydrogens (tertiary/aromatic N) is 1. The van der Waals surface area contributed by atoms with Gasteiger partial charge in [0.1, 0.15) is 0 Å². The van der Waals surface area contributed by atoms with Crippen LogP contribution in [0, 0.1) is 0 Å². The van der Waals surface area contributed by atoms with Crippen molar-refractivity contribution in [2.75, 3.05) is 29.6 Å². The molecule has 0 heterocycles. The van der Waals surface area contributed by atoms with Crippen LogP contribution in [0.25, 0.3) is 0 Å². The first-order chi connectivity index (χ1) is 11.2. The molecule has 0 aliphatic heterocycles. The highest BCUT2D eigenvalue weighted by Gasteiger charge is 2.33. The van der Waals surface area contributed by atoms with Crippen molar-refractivity contribution in [3.63, 3.8) is 0 Å². The summed E-state index contributed by atoms with van der Waals surface area (Å²) in [7, 11) is 3.77. The maximum Gasteiger partial charge on any atom is 0.417 e. The minimum absolute atomic E-state index is 0.00543. The summed E-state index contributed by atoms with van der Waals surface area (Å²) in [5, 5.41) is 4.47. The number of amides is 2. The van der Waals surface area contributed by atoms with E-state index in [-0.39, 0.29) is 5.69 Å². The smallest absolute Gasteiger partial charge is 0.378 e. The van der Waals surface area contributed by atoms with Gasteiger partial charge in [-0.15, -0.1) is 0 Å². The predicted molar refractivity (Wildman–Crippen MR) is 89.9 cm³/mol. The van der Waals surface area contributed by atoms with E-state index in [9.17, 15) is 18.0 Å². The SMILES string of the molecule is CN(C)c1ccc(NC(=O)Nc2ccc(Cl)c(C(F)(F)F)c2)cc1. The van der Waals surface area contributed by atoms with Crippen molar-refractivity contribution < 1.29 is 18.0 Å². The molecule has 0 aliphatic rings. The van der Waals surface area contributed by atoms with E-state index in [4.69, 9.17) is 11.6 Å². The molecule has 0 bridgehead atoms. The molecule has 0 radical (unpaired) electrons. The maximum absolute atomic E-state index is 12.8. The number of hydrogen-bond acceptors (Lipinski definition) is 2. The van der Waals surface area contributed by atoms with Gasteiger partial charge in [-0.1, -0.05) is 11.6 Å². The average Bonchev–Trinajstić information content (AvgIpc) is 2.48. The number of carbonyl (C=O) groups excluding carboxylic acids is 1. The molecule has 2 rings (SSSR count). The Labute approximate surface area is 142 Å². The first-order valence-corrected chi connectivity index (χ1v) is 7.27. The molecule has 0 fully saturated rings. The quantitative estimate of drug-likeness (QED) is 0.805. The van der Waals surface area contributed by atoms with Crippen LogP contribution in [0.1, 0.15) is 5.56 Å². The second-order valence-corrected chi connectivity index (χ2v) is 5.62. The van der Waals surface area contributed by atoms with Gasteiger partial charge in [-0.25, -0.2) is 4.79 Å². The van der Waals surface area contributed by atoms with E-state index in [0.29, 0.717) is 5.69 Å². The number of benzene rings is 2. The minimum Gasteiger partial charge on any atom is -0.378 e. The molecule has 128 valence electrons. The van der Waals surface area contributed by atoms with Crippen LogP contribution in [0.15, 0.2) is 42.5 Å². The summed E-state index contributed by atoms with van der Waals surface area (Å²) in [5.74, 6) is 0. The van der Waals surface area contributed by atoms with Crippen molar-refractivity contribution in [2.45, 2.75) is 6.18 Å². The highest BCUT2D eigenvalue weighted by Crippen LogP contribution is 2.36. The van der Waals surface area contributed by atoms with Crippen LogP contribution >= 0.6 is 11.6 Å². The lowest BCUT2D eigenvalue weighted by Crippen LogP contribution is -2.20. The molecule has 2 aromatic carbocycles. The summed E-state index contributed by atoms with van der Waals surface area (Å²) in [6.45, 7) is 0. The van der Waals surface area contributed by atoms with Gasteiger partial charge in [0.2, 0.25) is 0 Å². The predicted octanol–water partition coefficient (Wildman–Crippen LogP) is 5.07. The Morgan fingerprint density at radius 2 is 1.54 bits per heavy atom. The Morgan fingerprint density at radius 1 is 1.00 bits per heavy atom. The van der Waals surface area contributed by atoms with E-state index < -0.39 is 22.8 Å². The van der Waals surface area contributed by atoms with Gasteiger partial charge in [0.05, 0.1) is 10.6 Å². The zero-order valence-electron chi connectivity index (χ0n) is 12.9. The molecule has 2 amide bonds. The number of alkyl halides is 3. The van der Waals surface area contributed by atoms with Crippen molar-refractivity contribution in [2.24, 2.45) is 0 Å². The van der Waals surface area contributed by atoms with Crippen LogP contribution in [0.2, 0.25) is 5.02 Å². The fraction of sp³-hybridized carbons (Fsp3) is 0.188. The lowest BCUT2D eigenvalue weighted by atomic mass is 10.2. The molecule has 0 aromatic heterocycles. The van der Waals surface area contributed by atoms with E-state index in [1.54, 1.807) is 24.3 Å². The number of anilines is 3. The summed E-state index contributed by atoms with van der Waals surface area (Å²) in [6, 6.07) is 9.52. The molecule has 0 aliphatic carbocycles. The van der Waals surface area contributed by atoms with Gasteiger partial charge >= 0.3 is 12.2 Å². The Kier molecular flexibility index (Phi) is 5.23. The second-order valence-electron chi connectivity index (χ2n) is 5.21. The van der Waals surface area contributed by atoms with Crippen molar-refractivity contribution in [3.05, 3.63) is 53.1 Å². The molecule has 8 heteroatoms. The van der Waals surface area contributed by atoms with Crippen LogP contribution in [-0.4, -0.2) is 20.1 Å². The zero-order chi connectivity index (χ0) is 17.9. The molecular formula is C16H15ClF3N3O. The Bertz CT molecular complexity index is 730. The summed E-state index contributed by atoms with van der Waals surface area (Å²) in [6.07, 6.45) is -4.59. The van der Waals surface area contributed by atoms with Gasteiger partial charge in [0.15, 0.2) is 0 Å². The van der Waals surface area contributed by atoms with E-state index in [1.165, 1.54) is 6.07 Å². The molecule has 0 saturated carbocycles. The van der Waals surface area contributed by atoms with Crippen LogP contribution in [0.5, 0.6) is 0 Å². The standard InChI is InChI=1S/C16H15ClF3N3O/c1-23(2)12-6-3-10(4-7-12)21-15(24)22-11-5-8-14(17)13(9-11)16(18,19)20/h3-9H,1-2H3,(H2,21,22,24). The van der Waals surface area contributed by atoms with Crippen LogP contribution in [0.3, 0.4) is 0 Å². The normalized spacial score (nSPS) is 11.1. The second kappa shape index (κ2) is 7.00. The third-order valence-corrected chi connectivity index (χ3v) is 3.50. The van der Waals surface area contributed by atoms with E-state index in [0.717, 1.165) is 17.8 Å². The molecule has 2 N–H and O–H groups in total. The number of nitrogens with one attached hydrogen (secondary N) is 2. The Morgan fingerprint density at radius 3 is 2.08 bits per heavy atom. The molecule has 2 aromatic rings. The van der Waals surface area contributed by atoms with Gasteiger partial charge in [-0.2, -0.15) is 13.2 Å². The number of urea groups is 1. The van der Waals surface area contributed by atoms with E-state index in [2.05, 4.69) is 10.6 Å². The first kappa shape index (κ1) is 17.9. The topological polar surface area (TPSA) is 44.4 Å². The number of rotatable bonds is 3. The van der Waals surface area contributed by atoms with Crippen molar-refractivity contribution >= 4 is 34.7 Å². The molecular weight excluding hydrogens is 343 g/mol. The highest BCUT2D eigenvalue weighted by atomic mass is 35.5. The molecule has 0 atom stereocenters. The number of halogens is 4. The monoisotopic (exact) mass is 357 g/mol. The van der Waals surface area contributed by atoms with Gasteiger partial charge in [-0.05, 0) is 42.5 Å². The molecule has 24 heavy (non-hydrogen) atoms. The largest absolute Gasteiger partial charge is 0.417 e. The summed E-state index contributed by atoms with van der Waals surface area (Å²) < 4.78 is 38.4. The average molecular weight is 358 g/mol. The number of carbonyl (C=O) groups is 1. The minimum atomic E-state index is -4.59. The van der Waals surface area contributed by atoms with E-state index in [1.807, 2.05) is 19.0 Å². The first-order valence-electron chi connectivity index (χ1n) is 6.89. The highest BCUT2D eigenvalue weighted by molar-refractivity contribution is 6.31. The summed E-state index contributed by atoms with van der Waals surface area (Å²) >= 11 is 5.54. The van der Waals surface area contributed by atoms with Gasteiger partial charge < -0.3 is 15.5 Å². The third kappa shape index (κ3) is 4.55. The van der Waals surface area contributed by atoms with E-state index >= 15 is 0 Å². The molecule has 0 unspecified atom stereocenters. The van der Waals surface area contributed by atoms with Gasteiger partial charge in [-0.3, -0.25) is 0 Å². The van der Waals surface area contributed by atoms with Crippen molar-refractivity contribution in [1.82, 2.24) is 0 Å². The molecule has 0 saturated heterocycles. The van der Waals surface area contributed by atoms with Crippen LogP contribution in [-0.2, 0) is 6.18 Å². The van der Waals surface area contributed by atoms with Crippen LogP contribution < -0.4 is 15.5 Å². The van der Waals surface area contributed by atoms with Gasteiger partial charge in [0.25, 0.3) is 0 Å². The number of hydrogen-bond donors (Lipinski definition) is 2. The molecule has 4 nitrogen and oxygen atoms in total. The fourth-order valence-corrected chi connectivity index (χ4v) is 2.18. The lowest BCUT2D eigenvalue weighted by molar-refractivity contribution is -0.137. The van der Waals surface area contributed by atoms with Crippen LogP contribution in [0.4, 0.5) is 35.0 Å². The maximum atomic E-state index is 12.8. The fourth-order valence-electron chi connectivity index (χ4n) is 1.96. The Hall–Kier alpha value is -2.41. The Balaban J connectivity index is 2.07. The summed E-state index contributed by atoms with van der Waals surface area (Å²) in [5.41, 5.74) is 0.461. The summed E-state index contributed by atoms with van der Waals surface area (Å²) in [4.78, 5) is 13.8. The lowest BCUT2D eigenvalue weighted by Gasteiger charge is -2.14. The van der Waals surface area contributed by atoms with Crippen molar-refractivity contribution in [1.29, 1.82) is 0 Å². The third-order valence-electron chi connectivity index (χ3n) is 3.17.